The number of thioether (sulfide) groups is 1. The second kappa shape index (κ2) is 4.80. The summed E-state index contributed by atoms with van der Waals surface area (Å²) in [4.78, 5) is 1.10. The summed E-state index contributed by atoms with van der Waals surface area (Å²) in [5.41, 5.74) is 7.37. The van der Waals surface area contributed by atoms with Crippen molar-refractivity contribution < 1.29 is 4.39 Å². The van der Waals surface area contributed by atoms with Crippen LogP contribution in [0, 0.1) is 12.7 Å². The van der Waals surface area contributed by atoms with E-state index in [0.29, 0.717) is 5.56 Å². The Morgan fingerprint density at radius 2 is 2.14 bits per heavy atom. The molecule has 2 N–H and O–H groups in total. The van der Waals surface area contributed by atoms with Gasteiger partial charge in [-0.25, -0.2) is 4.39 Å². The highest BCUT2D eigenvalue weighted by Gasteiger charge is 2.10. The summed E-state index contributed by atoms with van der Waals surface area (Å²) < 4.78 is 13.3. The minimum absolute atomic E-state index is 0.112. The molecule has 1 rings (SSSR count). The average molecular weight is 213 g/mol. The van der Waals surface area contributed by atoms with Gasteiger partial charge in [0.2, 0.25) is 0 Å². The van der Waals surface area contributed by atoms with Crippen LogP contribution in [0.25, 0.3) is 0 Å². The summed E-state index contributed by atoms with van der Waals surface area (Å²) in [6.07, 6.45) is 0. The molecule has 1 nitrogen and oxygen atoms in total. The molecule has 0 unspecified atom stereocenters. The Balaban J connectivity index is 3.17. The normalized spacial score (nSPS) is 12.9. The maximum absolute atomic E-state index is 13.3. The van der Waals surface area contributed by atoms with E-state index < -0.39 is 0 Å². The first-order valence-corrected chi connectivity index (χ1v) is 5.73. The first-order valence-electron chi connectivity index (χ1n) is 4.74. The number of nitrogens with two attached hydrogens (primary N) is 1. The molecule has 3 heteroatoms. The number of aryl methyl sites for hydroxylation is 1. The summed E-state index contributed by atoms with van der Waals surface area (Å²) in [6.45, 7) is 5.73. The van der Waals surface area contributed by atoms with Gasteiger partial charge in [0.15, 0.2) is 0 Å². The van der Waals surface area contributed by atoms with Crippen molar-refractivity contribution in [3.05, 3.63) is 29.1 Å². The van der Waals surface area contributed by atoms with Crippen LogP contribution in [0.2, 0.25) is 0 Å². The molecule has 0 saturated heterocycles. The van der Waals surface area contributed by atoms with E-state index in [-0.39, 0.29) is 11.9 Å². The highest BCUT2D eigenvalue weighted by Crippen LogP contribution is 2.28. The lowest BCUT2D eigenvalue weighted by Crippen LogP contribution is -2.07. The van der Waals surface area contributed by atoms with Gasteiger partial charge in [0.25, 0.3) is 0 Å². The first kappa shape index (κ1) is 11.5. The molecule has 0 heterocycles. The van der Waals surface area contributed by atoms with Gasteiger partial charge in [-0.15, -0.1) is 11.8 Å². The fraction of sp³-hybridized carbons (Fsp3) is 0.455. The lowest BCUT2D eigenvalue weighted by molar-refractivity contribution is 0.610. The van der Waals surface area contributed by atoms with Crippen LogP contribution in [0.15, 0.2) is 17.0 Å². The van der Waals surface area contributed by atoms with Gasteiger partial charge in [0.05, 0.1) is 0 Å². The Morgan fingerprint density at radius 1 is 1.50 bits per heavy atom. The van der Waals surface area contributed by atoms with Gasteiger partial charge in [-0.1, -0.05) is 6.92 Å². The van der Waals surface area contributed by atoms with Crippen molar-refractivity contribution in [3.63, 3.8) is 0 Å². The lowest BCUT2D eigenvalue weighted by Gasteiger charge is -2.13. The van der Waals surface area contributed by atoms with E-state index in [9.17, 15) is 4.39 Å². The standard InChI is InChI=1S/C11H16FNS/c1-4-14-11-5-7(2)10(12)6-9(11)8(3)13/h5-6,8H,4,13H2,1-3H3/t8-/m0/s1. The van der Waals surface area contributed by atoms with Crippen molar-refractivity contribution in [2.75, 3.05) is 5.75 Å². The molecule has 0 aromatic heterocycles. The molecule has 0 saturated carbocycles. The van der Waals surface area contributed by atoms with Crippen molar-refractivity contribution in [2.24, 2.45) is 5.73 Å². The molecule has 0 aliphatic rings. The zero-order valence-electron chi connectivity index (χ0n) is 8.80. The SMILES string of the molecule is CCSc1cc(C)c(F)cc1[C@H](C)N. The Kier molecular flexibility index (Phi) is 3.96. The summed E-state index contributed by atoms with van der Waals surface area (Å²) >= 11 is 1.71. The van der Waals surface area contributed by atoms with Gasteiger partial charge >= 0.3 is 0 Å². The van der Waals surface area contributed by atoms with E-state index >= 15 is 0 Å². The molecular formula is C11H16FNS. The third-order valence-corrected chi connectivity index (χ3v) is 3.03. The molecule has 0 bridgehead atoms. The van der Waals surface area contributed by atoms with Crippen LogP contribution in [0.4, 0.5) is 4.39 Å². The monoisotopic (exact) mass is 213 g/mol. The molecule has 1 atom stereocenters. The predicted octanol–water partition coefficient (Wildman–Crippen LogP) is 3.27. The van der Waals surface area contributed by atoms with Crippen molar-refractivity contribution in [1.29, 1.82) is 0 Å². The van der Waals surface area contributed by atoms with E-state index in [4.69, 9.17) is 5.73 Å². The van der Waals surface area contributed by atoms with Crippen molar-refractivity contribution in [1.82, 2.24) is 0 Å². The summed E-state index contributed by atoms with van der Waals surface area (Å²) in [7, 11) is 0. The minimum Gasteiger partial charge on any atom is -0.324 e. The van der Waals surface area contributed by atoms with E-state index in [1.165, 1.54) is 0 Å². The van der Waals surface area contributed by atoms with Crippen LogP contribution in [0.5, 0.6) is 0 Å². The topological polar surface area (TPSA) is 26.0 Å². The van der Waals surface area contributed by atoms with E-state index in [1.807, 2.05) is 13.0 Å². The molecule has 0 aliphatic heterocycles. The molecule has 1 aromatic rings. The van der Waals surface area contributed by atoms with Crippen molar-refractivity contribution in [2.45, 2.75) is 31.7 Å². The van der Waals surface area contributed by atoms with Gasteiger partial charge in [0, 0.05) is 10.9 Å². The molecule has 14 heavy (non-hydrogen) atoms. The average Bonchev–Trinajstić information content (AvgIpc) is 2.11. The molecule has 1 aromatic carbocycles. The second-order valence-electron chi connectivity index (χ2n) is 3.36. The molecular weight excluding hydrogens is 197 g/mol. The molecule has 0 spiro atoms. The largest absolute Gasteiger partial charge is 0.324 e. The minimum atomic E-state index is -0.169. The Morgan fingerprint density at radius 3 is 2.64 bits per heavy atom. The smallest absolute Gasteiger partial charge is 0.126 e. The number of hydrogen-bond acceptors (Lipinski definition) is 2. The number of benzene rings is 1. The van der Waals surface area contributed by atoms with Crippen LogP contribution in [-0.4, -0.2) is 5.75 Å². The number of rotatable bonds is 3. The Labute approximate surface area is 88.9 Å². The highest BCUT2D eigenvalue weighted by atomic mass is 32.2. The second-order valence-corrected chi connectivity index (χ2v) is 4.67. The maximum Gasteiger partial charge on any atom is 0.126 e. The third-order valence-electron chi connectivity index (χ3n) is 2.08. The van der Waals surface area contributed by atoms with E-state index in [1.54, 1.807) is 24.8 Å². The van der Waals surface area contributed by atoms with Crippen LogP contribution < -0.4 is 5.73 Å². The van der Waals surface area contributed by atoms with Gasteiger partial charge < -0.3 is 5.73 Å². The van der Waals surface area contributed by atoms with Crippen LogP contribution in [0.3, 0.4) is 0 Å². The van der Waals surface area contributed by atoms with Crippen molar-refractivity contribution in [3.8, 4) is 0 Å². The lowest BCUT2D eigenvalue weighted by atomic mass is 10.1. The number of halogens is 1. The zero-order chi connectivity index (χ0) is 10.7. The molecule has 0 fully saturated rings. The van der Waals surface area contributed by atoms with Gasteiger partial charge in [0.1, 0.15) is 5.82 Å². The quantitative estimate of drug-likeness (QED) is 0.780. The summed E-state index contributed by atoms with van der Waals surface area (Å²) in [5.74, 6) is 0.808. The van der Waals surface area contributed by atoms with Gasteiger partial charge in [-0.05, 0) is 42.9 Å². The van der Waals surface area contributed by atoms with Crippen LogP contribution in [-0.2, 0) is 0 Å². The van der Waals surface area contributed by atoms with Crippen LogP contribution >= 0.6 is 11.8 Å². The van der Waals surface area contributed by atoms with Crippen molar-refractivity contribution >= 4 is 11.8 Å². The maximum atomic E-state index is 13.3. The molecule has 78 valence electrons. The fourth-order valence-corrected chi connectivity index (χ4v) is 2.29. The highest BCUT2D eigenvalue weighted by molar-refractivity contribution is 7.99. The first-order chi connectivity index (χ1) is 6.56. The van der Waals surface area contributed by atoms with Crippen LogP contribution in [0.1, 0.15) is 31.0 Å². The van der Waals surface area contributed by atoms with Gasteiger partial charge in [-0.3, -0.25) is 0 Å². The van der Waals surface area contributed by atoms with E-state index in [2.05, 4.69) is 6.92 Å². The predicted molar refractivity (Wildman–Crippen MR) is 60.1 cm³/mol. The summed E-state index contributed by atoms with van der Waals surface area (Å²) in [5, 5.41) is 0. The number of hydrogen-bond donors (Lipinski definition) is 1. The molecule has 0 radical (unpaired) electrons. The fourth-order valence-electron chi connectivity index (χ4n) is 1.31. The summed E-state index contributed by atoms with van der Waals surface area (Å²) in [6, 6.07) is 3.32. The zero-order valence-corrected chi connectivity index (χ0v) is 9.62. The van der Waals surface area contributed by atoms with E-state index in [0.717, 1.165) is 16.2 Å². The van der Waals surface area contributed by atoms with Gasteiger partial charge in [-0.2, -0.15) is 0 Å². The molecule has 0 amide bonds. The molecule has 0 aliphatic carbocycles. The third kappa shape index (κ3) is 2.49. The Hall–Kier alpha value is -0.540. The Bertz CT molecular complexity index is 323.